The van der Waals surface area contributed by atoms with Gasteiger partial charge >= 0.3 is 0 Å². The molecule has 0 aliphatic carbocycles. The molecule has 1 rings (SSSR count). The van der Waals surface area contributed by atoms with Gasteiger partial charge in [0.05, 0.1) is 0 Å². The minimum atomic E-state index is 0.793. The van der Waals surface area contributed by atoms with Gasteiger partial charge in [0.25, 0.3) is 0 Å². The molecule has 1 nitrogen and oxygen atoms in total. The van der Waals surface area contributed by atoms with Gasteiger partial charge in [0, 0.05) is 24.2 Å². The van der Waals surface area contributed by atoms with Crippen LogP contribution < -0.4 is 0 Å². The molecule has 0 spiro atoms. The van der Waals surface area contributed by atoms with Crippen LogP contribution in [0.2, 0.25) is 0 Å². The first kappa shape index (κ1) is 14.2. The van der Waals surface area contributed by atoms with E-state index in [0.29, 0.717) is 0 Å². The molecule has 0 atom stereocenters. The smallest absolute Gasteiger partial charge is 0.0479 e. The lowest BCUT2D eigenvalue weighted by atomic mass is 9.99. The van der Waals surface area contributed by atoms with Crippen molar-refractivity contribution in [2.75, 3.05) is 0 Å². The Hall–Kier alpha value is -1.89. The second-order valence-electron chi connectivity index (χ2n) is 4.17. The molecular weight excluding hydrogens is 218 g/mol. The first-order valence-corrected chi connectivity index (χ1v) is 6.20. The molecular formula is C17H21N. The number of aromatic nitrogens is 1. The number of nitrogens with zero attached hydrogens (tertiary/aromatic N) is 1. The highest BCUT2D eigenvalue weighted by Crippen LogP contribution is 2.17. The Labute approximate surface area is 110 Å². The first-order valence-electron chi connectivity index (χ1n) is 6.20. The van der Waals surface area contributed by atoms with E-state index in [1.165, 1.54) is 11.1 Å². The number of pyridine rings is 1. The van der Waals surface area contributed by atoms with Gasteiger partial charge in [-0.1, -0.05) is 30.4 Å². The van der Waals surface area contributed by atoms with E-state index in [1.54, 1.807) is 0 Å². The lowest BCUT2D eigenvalue weighted by Crippen LogP contribution is -2.04. The van der Waals surface area contributed by atoms with E-state index in [4.69, 9.17) is 4.98 Å². The zero-order chi connectivity index (χ0) is 13.4. The maximum absolute atomic E-state index is 4.75. The molecule has 1 aromatic rings. The number of hydrogen-bond donors (Lipinski definition) is 0. The summed E-state index contributed by atoms with van der Waals surface area (Å²) in [5.74, 6) is 0. The van der Waals surface area contributed by atoms with Crippen LogP contribution in [0.15, 0.2) is 56.7 Å². The molecule has 0 fully saturated rings. The molecule has 0 saturated carbocycles. The fourth-order valence-corrected chi connectivity index (χ4v) is 1.97. The van der Waals surface area contributed by atoms with Crippen LogP contribution >= 0.6 is 0 Å². The third-order valence-corrected chi connectivity index (χ3v) is 2.76. The number of rotatable bonds is 8. The zero-order valence-electron chi connectivity index (χ0n) is 11.0. The second kappa shape index (κ2) is 7.44. The molecule has 0 N–H and O–H groups in total. The molecule has 0 saturated heterocycles. The number of hydrogen-bond acceptors (Lipinski definition) is 1. The quantitative estimate of drug-likeness (QED) is 0.625. The van der Waals surface area contributed by atoms with Crippen molar-refractivity contribution in [1.29, 1.82) is 0 Å². The lowest BCUT2D eigenvalue weighted by molar-refractivity contribution is 0.950. The molecule has 0 aliphatic heterocycles. The van der Waals surface area contributed by atoms with E-state index in [-0.39, 0.29) is 0 Å². The highest BCUT2D eigenvalue weighted by atomic mass is 14.7. The summed E-state index contributed by atoms with van der Waals surface area (Å²) >= 11 is 0. The van der Waals surface area contributed by atoms with Crippen LogP contribution in [-0.4, -0.2) is 4.98 Å². The zero-order valence-corrected chi connectivity index (χ0v) is 11.0. The first-order chi connectivity index (χ1) is 8.76. The van der Waals surface area contributed by atoms with Crippen LogP contribution in [0.3, 0.4) is 0 Å². The molecule has 0 bridgehead atoms. The van der Waals surface area contributed by atoms with Crippen LogP contribution in [0.5, 0.6) is 0 Å². The van der Waals surface area contributed by atoms with Crippen molar-refractivity contribution in [3.8, 4) is 0 Å². The minimum Gasteiger partial charge on any atom is -0.257 e. The highest BCUT2D eigenvalue weighted by Gasteiger charge is 2.08. The highest BCUT2D eigenvalue weighted by molar-refractivity contribution is 5.35. The number of allylic oxidation sites excluding steroid dienone is 4. The summed E-state index contributed by atoms with van der Waals surface area (Å²) in [7, 11) is 0. The molecule has 1 aromatic heterocycles. The van der Waals surface area contributed by atoms with Crippen molar-refractivity contribution in [2.45, 2.75) is 25.7 Å². The van der Waals surface area contributed by atoms with Gasteiger partial charge in [0.15, 0.2) is 0 Å². The van der Waals surface area contributed by atoms with E-state index in [9.17, 15) is 0 Å². The Morgan fingerprint density at radius 1 is 0.722 bits per heavy atom. The van der Waals surface area contributed by atoms with Gasteiger partial charge in [0.1, 0.15) is 0 Å². The predicted molar refractivity (Wildman–Crippen MR) is 79.8 cm³/mol. The summed E-state index contributed by atoms with van der Waals surface area (Å²) in [6.45, 7) is 15.2. The van der Waals surface area contributed by atoms with Gasteiger partial charge in [-0.05, 0) is 24.0 Å². The van der Waals surface area contributed by atoms with Crippen molar-refractivity contribution < 1.29 is 0 Å². The summed E-state index contributed by atoms with van der Waals surface area (Å²) in [6.07, 6.45) is 10.9. The van der Waals surface area contributed by atoms with Crippen molar-refractivity contribution in [2.24, 2.45) is 0 Å². The van der Waals surface area contributed by atoms with E-state index >= 15 is 0 Å². The Morgan fingerprint density at radius 2 is 1.11 bits per heavy atom. The standard InChI is InChI=1S/C17H21N/c1-5-9-14-13-15(10-6-2)17(12-8-4)18-16(14)11-7-3/h5-8,13H,1-4,9-12H2. The molecule has 1 heteroatoms. The lowest BCUT2D eigenvalue weighted by Gasteiger charge is -2.12. The Bertz CT molecular complexity index is 373. The maximum atomic E-state index is 4.75. The van der Waals surface area contributed by atoms with Gasteiger partial charge in [-0.3, -0.25) is 4.98 Å². The van der Waals surface area contributed by atoms with Crippen LogP contribution in [0.25, 0.3) is 0 Å². The fourth-order valence-electron chi connectivity index (χ4n) is 1.97. The van der Waals surface area contributed by atoms with Crippen molar-refractivity contribution in [3.05, 3.63) is 79.2 Å². The third kappa shape index (κ3) is 3.56. The summed E-state index contributed by atoms with van der Waals surface area (Å²) in [5, 5.41) is 0. The molecule has 0 aromatic carbocycles. The average Bonchev–Trinajstić information content (AvgIpc) is 2.35. The Balaban J connectivity index is 3.27. The third-order valence-electron chi connectivity index (χ3n) is 2.76. The van der Waals surface area contributed by atoms with E-state index in [2.05, 4.69) is 32.4 Å². The predicted octanol–water partition coefficient (Wildman–Crippen LogP) is 4.00. The molecule has 0 unspecified atom stereocenters. The molecule has 94 valence electrons. The largest absolute Gasteiger partial charge is 0.257 e. The summed E-state index contributed by atoms with van der Waals surface area (Å²) < 4.78 is 0. The molecule has 0 amide bonds. The topological polar surface area (TPSA) is 12.9 Å². The van der Waals surface area contributed by atoms with E-state index in [1.807, 2.05) is 24.3 Å². The molecule has 0 radical (unpaired) electrons. The van der Waals surface area contributed by atoms with Gasteiger partial charge in [0.2, 0.25) is 0 Å². The van der Waals surface area contributed by atoms with Crippen molar-refractivity contribution in [1.82, 2.24) is 4.98 Å². The maximum Gasteiger partial charge on any atom is 0.0479 e. The van der Waals surface area contributed by atoms with E-state index < -0.39 is 0 Å². The summed E-state index contributed by atoms with van der Waals surface area (Å²) in [6, 6.07) is 2.22. The van der Waals surface area contributed by atoms with E-state index in [0.717, 1.165) is 37.1 Å². The van der Waals surface area contributed by atoms with Gasteiger partial charge in [-0.2, -0.15) is 0 Å². The molecule has 1 heterocycles. The van der Waals surface area contributed by atoms with Gasteiger partial charge in [-0.15, -0.1) is 26.3 Å². The Morgan fingerprint density at radius 3 is 1.44 bits per heavy atom. The van der Waals surface area contributed by atoms with Gasteiger partial charge < -0.3 is 0 Å². The summed E-state index contributed by atoms with van der Waals surface area (Å²) in [5.41, 5.74) is 4.65. The molecule has 18 heavy (non-hydrogen) atoms. The average molecular weight is 239 g/mol. The summed E-state index contributed by atoms with van der Waals surface area (Å²) in [4.78, 5) is 4.75. The fraction of sp³-hybridized carbons (Fsp3) is 0.235. The second-order valence-corrected chi connectivity index (χ2v) is 4.17. The Kier molecular flexibility index (Phi) is 5.86. The monoisotopic (exact) mass is 239 g/mol. The van der Waals surface area contributed by atoms with Crippen LogP contribution in [0, 0.1) is 0 Å². The van der Waals surface area contributed by atoms with Gasteiger partial charge in [-0.25, -0.2) is 0 Å². The van der Waals surface area contributed by atoms with Crippen LogP contribution in [-0.2, 0) is 25.7 Å². The minimum absolute atomic E-state index is 0.793. The normalized spacial score (nSPS) is 9.78. The van der Waals surface area contributed by atoms with Crippen LogP contribution in [0.1, 0.15) is 22.5 Å². The van der Waals surface area contributed by atoms with Crippen LogP contribution in [0.4, 0.5) is 0 Å². The SMILES string of the molecule is C=CCc1cc(CC=C)c(CC=C)nc1CC=C. The molecule has 0 aliphatic rings. The van der Waals surface area contributed by atoms with Crippen molar-refractivity contribution in [3.63, 3.8) is 0 Å². The van der Waals surface area contributed by atoms with Crippen molar-refractivity contribution >= 4 is 0 Å².